The number of aromatic carboxylic acids is 1. The summed E-state index contributed by atoms with van der Waals surface area (Å²) in [6.45, 7) is 0. The molecule has 106 valence electrons. The lowest BCUT2D eigenvalue weighted by Gasteiger charge is -2.05. The topological polar surface area (TPSA) is 66.4 Å². The summed E-state index contributed by atoms with van der Waals surface area (Å²) < 4.78 is 2.15. The molecule has 0 saturated heterocycles. The second-order valence-electron chi connectivity index (χ2n) is 4.21. The van der Waals surface area contributed by atoms with Gasteiger partial charge in [-0.15, -0.1) is 22.7 Å². The van der Waals surface area contributed by atoms with Gasteiger partial charge in [-0.3, -0.25) is 4.79 Å². The van der Waals surface area contributed by atoms with E-state index >= 15 is 0 Å². The number of thiophene rings is 2. The molecule has 0 aliphatic heterocycles. The molecule has 2 aromatic heterocycles. The van der Waals surface area contributed by atoms with Crippen LogP contribution in [0.3, 0.4) is 0 Å². The average molecular weight is 338 g/mol. The largest absolute Gasteiger partial charge is 0.478 e. The van der Waals surface area contributed by atoms with E-state index in [9.17, 15) is 9.59 Å². The highest BCUT2D eigenvalue weighted by Gasteiger charge is 2.13. The van der Waals surface area contributed by atoms with Gasteiger partial charge in [-0.1, -0.05) is 11.6 Å². The molecule has 2 N–H and O–H groups in total. The molecule has 3 aromatic rings. The molecule has 0 atom stereocenters. The van der Waals surface area contributed by atoms with Crippen LogP contribution in [-0.4, -0.2) is 17.0 Å². The van der Waals surface area contributed by atoms with Crippen LogP contribution in [0.4, 0.5) is 5.69 Å². The number of benzene rings is 1. The first-order valence-corrected chi connectivity index (χ1v) is 7.93. The van der Waals surface area contributed by atoms with E-state index in [-0.39, 0.29) is 16.5 Å². The van der Waals surface area contributed by atoms with E-state index in [2.05, 4.69) is 5.32 Å². The van der Waals surface area contributed by atoms with Gasteiger partial charge in [0.25, 0.3) is 5.91 Å². The second-order valence-corrected chi connectivity index (χ2v) is 6.65. The first kappa shape index (κ1) is 14.1. The number of hydrogen-bond donors (Lipinski definition) is 2. The van der Waals surface area contributed by atoms with Gasteiger partial charge in [0.1, 0.15) is 0 Å². The van der Waals surface area contributed by atoms with Gasteiger partial charge in [-0.25, -0.2) is 4.79 Å². The van der Waals surface area contributed by atoms with Crippen LogP contribution < -0.4 is 5.32 Å². The van der Waals surface area contributed by atoms with Crippen molar-refractivity contribution < 1.29 is 14.7 Å². The minimum atomic E-state index is -1.10. The lowest BCUT2D eigenvalue weighted by molar-refractivity contribution is 0.0697. The fourth-order valence-electron chi connectivity index (χ4n) is 1.84. The number of anilines is 1. The van der Waals surface area contributed by atoms with Crippen LogP contribution in [0.25, 0.3) is 9.40 Å². The van der Waals surface area contributed by atoms with Gasteiger partial charge in [-0.05, 0) is 35.7 Å². The van der Waals surface area contributed by atoms with E-state index in [1.165, 1.54) is 29.5 Å². The zero-order chi connectivity index (χ0) is 15.0. The highest BCUT2D eigenvalue weighted by molar-refractivity contribution is 7.27. The number of rotatable bonds is 3. The highest BCUT2D eigenvalue weighted by atomic mass is 35.5. The SMILES string of the molecule is O=C(Nc1ccc(C(=O)O)c(Cl)c1)c1cc2sccc2s1. The van der Waals surface area contributed by atoms with Gasteiger partial charge in [0, 0.05) is 15.1 Å². The lowest BCUT2D eigenvalue weighted by atomic mass is 10.2. The minimum Gasteiger partial charge on any atom is -0.478 e. The predicted molar refractivity (Wildman–Crippen MR) is 86.1 cm³/mol. The molecule has 0 radical (unpaired) electrons. The Balaban J connectivity index is 1.82. The Morgan fingerprint density at radius 2 is 1.95 bits per heavy atom. The summed E-state index contributed by atoms with van der Waals surface area (Å²) in [6.07, 6.45) is 0. The van der Waals surface area contributed by atoms with Crippen molar-refractivity contribution in [1.82, 2.24) is 0 Å². The van der Waals surface area contributed by atoms with Crippen molar-refractivity contribution in [2.45, 2.75) is 0 Å². The summed E-state index contributed by atoms with van der Waals surface area (Å²) >= 11 is 8.87. The summed E-state index contributed by atoms with van der Waals surface area (Å²) in [5.41, 5.74) is 0.470. The first-order valence-electron chi connectivity index (χ1n) is 5.86. The Morgan fingerprint density at radius 1 is 1.14 bits per heavy atom. The Bertz CT molecular complexity index is 824. The van der Waals surface area contributed by atoms with Crippen molar-refractivity contribution in [3.05, 3.63) is 51.2 Å². The standard InChI is InChI=1S/C14H8ClNO3S2/c15-9-5-7(1-2-8(9)14(18)19)16-13(17)12-6-11-10(21-12)3-4-20-11/h1-6H,(H,16,17)(H,18,19). The molecule has 4 nitrogen and oxygen atoms in total. The maximum absolute atomic E-state index is 12.2. The van der Waals surface area contributed by atoms with Crippen LogP contribution >= 0.6 is 34.3 Å². The molecule has 0 spiro atoms. The summed E-state index contributed by atoms with van der Waals surface area (Å²) in [5.74, 6) is -1.33. The molecular formula is C14H8ClNO3S2. The molecule has 3 rings (SSSR count). The van der Waals surface area contributed by atoms with Crippen molar-refractivity contribution in [3.8, 4) is 0 Å². The van der Waals surface area contributed by atoms with Crippen molar-refractivity contribution in [3.63, 3.8) is 0 Å². The number of carboxylic acid groups (broad SMARTS) is 1. The summed E-state index contributed by atoms with van der Waals surface area (Å²) in [4.78, 5) is 23.6. The van der Waals surface area contributed by atoms with Crippen molar-refractivity contribution in [2.75, 3.05) is 5.32 Å². The summed E-state index contributed by atoms with van der Waals surface area (Å²) in [5, 5.41) is 13.7. The van der Waals surface area contributed by atoms with Gasteiger partial charge in [0.15, 0.2) is 0 Å². The highest BCUT2D eigenvalue weighted by Crippen LogP contribution is 2.30. The van der Waals surface area contributed by atoms with Crippen molar-refractivity contribution >= 4 is 61.2 Å². The number of carbonyl (C=O) groups excluding carboxylic acids is 1. The van der Waals surface area contributed by atoms with E-state index in [1.807, 2.05) is 17.5 Å². The average Bonchev–Trinajstić information content (AvgIpc) is 2.98. The molecule has 0 aliphatic rings. The van der Waals surface area contributed by atoms with E-state index < -0.39 is 5.97 Å². The smallest absolute Gasteiger partial charge is 0.337 e. The lowest BCUT2D eigenvalue weighted by Crippen LogP contribution is -2.10. The molecule has 7 heteroatoms. The van der Waals surface area contributed by atoms with Crippen molar-refractivity contribution in [2.24, 2.45) is 0 Å². The van der Waals surface area contributed by atoms with Crippen LogP contribution in [0.5, 0.6) is 0 Å². The van der Waals surface area contributed by atoms with E-state index in [0.29, 0.717) is 10.6 Å². The Kier molecular flexibility index (Phi) is 3.67. The zero-order valence-electron chi connectivity index (χ0n) is 10.4. The molecule has 21 heavy (non-hydrogen) atoms. The maximum Gasteiger partial charge on any atom is 0.337 e. The molecular weight excluding hydrogens is 330 g/mol. The molecule has 0 unspecified atom stereocenters. The van der Waals surface area contributed by atoms with Crippen LogP contribution in [0.15, 0.2) is 35.7 Å². The number of nitrogens with one attached hydrogen (secondary N) is 1. The molecule has 0 aliphatic carbocycles. The first-order chi connectivity index (χ1) is 10.0. The predicted octanol–water partition coefficient (Wildman–Crippen LogP) is 4.57. The fourth-order valence-corrected chi connectivity index (χ4v) is 4.10. The number of carboxylic acids is 1. The maximum atomic E-state index is 12.2. The van der Waals surface area contributed by atoms with Gasteiger partial charge >= 0.3 is 5.97 Å². The monoisotopic (exact) mass is 337 g/mol. The third kappa shape index (κ3) is 2.78. The van der Waals surface area contributed by atoms with Gasteiger partial charge in [-0.2, -0.15) is 0 Å². The van der Waals surface area contributed by atoms with Crippen LogP contribution in [0.1, 0.15) is 20.0 Å². The Morgan fingerprint density at radius 3 is 2.62 bits per heavy atom. The summed E-state index contributed by atoms with van der Waals surface area (Å²) in [6, 6.07) is 8.13. The number of carbonyl (C=O) groups is 2. The molecule has 1 aromatic carbocycles. The van der Waals surface area contributed by atoms with E-state index in [1.54, 1.807) is 11.3 Å². The molecule has 0 saturated carbocycles. The minimum absolute atomic E-state index is 0.00584. The van der Waals surface area contributed by atoms with Gasteiger partial charge < -0.3 is 10.4 Å². The quantitative estimate of drug-likeness (QED) is 0.735. The zero-order valence-corrected chi connectivity index (χ0v) is 12.8. The molecule has 1 amide bonds. The molecule has 2 heterocycles. The van der Waals surface area contributed by atoms with Crippen molar-refractivity contribution in [1.29, 1.82) is 0 Å². The third-order valence-corrected chi connectivity index (χ3v) is 5.23. The van der Waals surface area contributed by atoms with Crippen LogP contribution in [-0.2, 0) is 0 Å². The van der Waals surface area contributed by atoms with Crippen LogP contribution in [0, 0.1) is 0 Å². The van der Waals surface area contributed by atoms with Crippen LogP contribution in [0.2, 0.25) is 5.02 Å². The van der Waals surface area contributed by atoms with E-state index in [0.717, 1.165) is 9.40 Å². The van der Waals surface area contributed by atoms with Gasteiger partial charge in [0.05, 0.1) is 15.5 Å². The number of fused-ring (bicyclic) bond motifs is 1. The molecule has 0 fully saturated rings. The van der Waals surface area contributed by atoms with E-state index in [4.69, 9.17) is 16.7 Å². The molecule has 0 bridgehead atoms. The van der Waals surface area contributed by atoms with Gasteiger partial charge in [0.2, 0.25) is 0 Å². The Labute approximate surface area is 132 Å². The number of halogens is 1. The summed E-state index contributed by atoms with van der Waals surface area (Å²) in [7, 11) is 0. The normalized spacial score (nSPS) is 10.7. The number of amides is 1. The number of hydrogen-bond acceptors (Lipinski definition) is 4. The second kappa shape index (κ2) is 5.48. The fraction of sp³-hybridized carbons (Fsp3) is 0. The Hall–Kier alpha value is -1.89. The third-order valence-electron chi connectivity index (χ3n) is 2.82.